The maximum absolute atomic E-state index is 13.5. The van der Waals surface area contributed by atoms with Gasteiger partial charge >= 0.3 is 0 Å². The molecule has 0 aromatic heterocycles. The molecule has 0 fully saturated rings. The molecule has 0 aliphatic heterocycles. The topological polar surface area (TPSA) is 12.0 Å². The van der Waals surface area contributed by atoms with Gasteiger partial charge in [0.05, 0.1) is 5.41 Å². The van der Waals surface area contributed by atoms with Crippen molar-refractivity contribution in [3.8, 4) is 22.3 Å². The zero-order chi connectivity index (χ0) is 22.0. The predicted molar refractivity (Wildman–Crippen MR) is 132 cm³/mol. The maximum Gasteiger partial charge on any atom is 0.123 e. The van der Waals surface area contributed by atoms with E-state index in [0.717, 1.165) is 11.4 Å². The van der Waals surface area contributed by atoms with Crippen molar-refractivity contribution in [2.24, 2.45) is 0 Å². The standard InChI is InChI=1S/C31H20FN/c32-20-16-18-21(19-17-20)33-29-15-7-14-28-30(29)24-10-3-6-13-27(24)31(28)25-11-4-1-8-22(25)23-9-2-5-12-26(23)31/h1-19,33H. The Balaban J connectivity index is 1.56. The molecule has 0 amide bonds. The second-order valence-corrected chi connectivity index (χ2v) is 8.75. The van der Waals surface area contributed by atoms with Crippen molar-refractivity contribution < 1.29 is 4.39 Å². The first kappa shape index (κ1) is 18.4. The Bertz CT molecular complexity index is 1500. The van der Waals surface area contributed by atoms with E-state index in [0.29, 0.717) is 0 Å². The van der Waals surface area contributed by atoms with E-state index in [1.54, 1.807) is 12.1 Å². The van der Waals surface area contributed by atoms with Crippen LogP contribution in [0.15, 0.2) is 115 Å². The molecule has 33 heavy (non-hydrogen) atoms. The molecule has 0 bridgehead atoms. The fourth-order valence-corrected chi connectivity index (χ4v) is 5.94. The summed E-state index contributed by atoms with van der Waals surface area (Å²) in [5.74, 6) is -0.234. The highest BCUT2D eigenvalue weighted by molar-refractivity contribution is 5.99. The molecule has 7 rings (SSSR count). The van der Waals surface area contributed by atoms with Crippen LogP contribution in [-0.4, -0.2) is 0 Å². The molecule has 1 spiro atoms. The third-order valence-corrected chi connectivity index (χ3v) is 7.14. The van der Waals surface area contributed by atoms with Gasteiger partial charge in [-0.2, -0.15) is 0 Å². The van der Waals surface area contributed by atoms with E-state index in [9.17, 15) is 4.39 Å². The average Bonchev–Trinajstić information content (AvgIpc) is 3.34. The molecule has 2 heteroatoms. The van der Waals surface area contributed by atoms with Gasteiger partial charge in [-0.1, -0.05) is 84.9 Å². The molecule has 156 valence electrons. The van der Waals surface area contributed by atoms with Crippen LogP contribution in [0.1, 0.15) is 22.3 Å². The summed E-state index contributed by atoms with van der Waals surface area (Å²) in [6.07, 6.45) is 0. The maximum atomic E-state index is 13.5. The number of rotatable bonds is 2. The van der Waals surface area contributed by atoms with Gasteiger partial charge in [-0.3, -0.25) is 0 Å². The van der Waals surface area contributed by atoms with E-state index in [1.165, 1.54) is 56.6 Å². The largest absolute Gasteiger partial charge is 0.355 e. The summed E-state index contributed by atoms with van der Waals surface area (Å²) in [5, 5.41) is 3.56. The zero-order valence-electron chi connectivity index (χ0n) is 17.8. The Labute approximate surface area is 192 Å². The molecular weight excluding hydrogens is 405 g/mol. The Morgan fingerprint density at radius 2 is 1.00 bits per heavy atom. The second kappa shape index (κ2) is 6.66. The van der Waals surface area contributed by atoms with Crippen LogP contribution >= 0.6 is 0 Å². The Hall–Kier alpha value is -4.17. The van der Waals surface area contributed by atoms with Crippen LogP contribution in [0, 0.1) is 5.82 Å². The third kappa shape index (κ3) is 2.35. The first-order chi connectivity index (χ1) is 16.3. The van der Waals surface area contributed by atoms with Crippen molar-refractivity contribution in [3.05, 3.63) is 143 Å². The van der Waals surface area contributed by atoms with E-state index in [-0.39, 0.29) is 11.2 Å². The molecule has 2 aliphatic rings. The quantitative estimate of drug-likeness (QED) is 0.297. The van der Waals surface area contributed by atoms with E-state index >= 15 is 0 Å². The van der Waals surface area contributed by atoms with Crippen molar-refractivity contribution in [2.45, 2.75) is 5.41 Å². The third-order valence-electron chi connectivity index (χ3n) is 7.14. The highest BCUT2D eigenvalue weighted by Crippen LogP contribution is 2.63. The van der Waals surface area contributed by atoms with Gasteiger partial charge in [0.2, 0.25) is 0 Å². The lowest BCUT2D eigenvalue weighted by Crippen LogP contribution is -2.25. The molecule has 1 nitrogen and oxygen atoms in total. The van der Waals surface area contributed by atoms with Crippen LogP contribution in [0.5, 0.6) is 0 Å². The summed E-state index contributed by atoms with van der Waals surface area (Å²) < 4.78 is 13.5. The van der Waals surface area contributed by atoms with Crippen LogP contribution in [0.4, 0.5) is 15.8 Å². The summed E-state index contributed by atoms with van der Waals surface area (Å²) in [6, 6.07) is 39.4. The lowest BCUT2D eigenvalue weighted by Gasteiger charge is -2.30. The van der Waals surface area contributed by atoms with E-state index in [1.807, 2.05) is 0 Å². The van der Waals surface area contributed by atoms with Gasteiger partial charge in [0.1, 0.15) is 5.82 Å². The number of nitrogens with one attached hydrogen (secondary N) is 1. The molecule has 5 aromatic rings. The van der Waals surface area contributed by atoms with Gasteiger partial charge in [0, 0.05) is 16.9 Å². The smallest absolute Gasteiger partial charge is 0.123 e. The van der Waals surface area contributed by atoms with Gasteiger partial charge in [-0.25, -0.2) is 4.39 Å². The number of halogens is 1. The molecule has 0 atom stereocenters. The van der Waals surface area contributed by atoms with Crippen LogP contribution < -0.4 is 5.32 Å². The Morgan fingerprint density at radius 3 is 1.64 bits per heavy atom. The minimum Gasteiger partial charge on any atom is -0.355 e. The number of fused-ring (bicyclic) bond motifs is 10. The SMILES string of the molecule is Fc1ccc(Nc2cccc3c2-c2ccccc2C32c3ccccc3-c3ccccc32)cc1. The Kier molecular flexibility index (Phi) is 3.72. The van der Waals surface area contributed by atoms with Gasteiger partial charge in [-0.15, -0.1) is 0 Å². The van der Waals surface area contributed by atoms with Crippen LogP contribution in [0.25, 0.3) is 22.3 Å². The monoisotopic (exact) mass is 425 g/mol. The summed E-state index contributed by atoms with van der Waals surface area (Å²) in [7, 11) is 0. The van der Waals surface area contributed by atoms with Gasteiger partial charge < -0.3 is 5.32 Å². The highest BCUT2D eigenvalue weighted by atomic mass is 19.1. The van der Waals surface area contributed by atoms with Gasteiger partial charge in [0.15, 0.2) is 0 Å². The normalized spacial score (nSPS) is 13.8. The lowest BCUT2D eigenvalue weighted by atomic mass is 9.70. The molecule has 1 N–H and O–H groups in total. The number of benzene rings is 5. The second-order valence-electron chi connectivity index (χ2n) is 8.75. The van der Waals surface area contributed by atoms with Gasteiger partial charge in [-0.05, 0) is 69.3 Å². The molecule has 5 aromatic carbocycles. The Morgan fingerprint density at radius 1 is 0.485 bits per heavy atom. The zero-order valence-corrected chi connectivity index (χ0v) is 17.8. The molecule has 0 heterocycles. The molecule has 0 saturated carbocycles. The molecule has 0 saturated heterocycles. The average molecular weight is 426 g/mol. The molecule has 0 unspecified atom stereocenters. The van der Waals surface area contributed by atoms with Crippen LogP contribution in [0.2, 0.25) is 0 Å². The minimum atomic E-state index is -0.348. The van der Waals surface area contributed by atoms with E-state index in [2.05, 4.69) is 96.3 Å². The van der Waals surface area contributed by atoms with E-state index < -0.39 is 0 Å². The van der Waals surface area contributed by atoms with Crippen molar-refractivity contribution in [3.63, 3.8) is 0 Å². The first-order valence-electron chi connectivity index (χ1n) is 11.2. The number of hydrogen-bond acceptors (Lipinski definition) is 1. The number of anilines is 2. The van der Waals surface area contributed by atoms with Crippen molar-refractivity contribution in [1.82, 2.24) is 0 Å². The molecule has 0 radical (unpaired) electrons. The number of hydrogen-bond donors (Lipinski definition) is 1. The highest BCUT2D eigenvalue weighted by Gasteiger charge is 2.51. The van der Waals surface area contributed by atoms with Crippen LogP contribution in [0.3, 0.4) is 0 Å². The lowest BCUT2D eigenvalue weighted by molar-refractivity contribution is 0.628. The van der Waals surface area contributed by atoms with Crippen LogP contribution in [-0.2, 0) is 5.41 Å². The van der Waals surface area contributed by atoms with Gasteiger partial charge in [0.25, 0.3) is 0 Å². The summed E-state index contributed by atoms with van der Waals surface area (Å²) in [4.78, 5) is 0. The fraction of sp³-hybridized carbons (Fsp3) is 0.0323. The van der Waals surface area contributed by atoms with Crippen molar-refractivity contribution >= 4 is 11.4 Å². The van der Waals surface area contributed by atoms with Crippen molar-refractivity contribution in [1.29, 1.82) is 0 Å². The summed E-state index contributed by atoms with van der Waals surface area (Å²) >= 11 is 0. The first-order valence-corrected chi connectivity index (χ1v) is 11.2. The molecule has 2 aliphatic carbocycles. The predicted octanol–water partition coefficient (Wildman–Crippen LogP) is 7.91. The minimum absolute atomic E-state index is 0.234. The van der Waals surface area contributed by atoms with E-state index in [4.69, 9.17) is 0 Å². The van der Waals surface area contributed by atoms with Crippen molar-refractivity contribution in [2.75, 3.05) is 5.32 Å². The summed E-state index contributed by atoms with van der Waals surface area (Å²) in [6.45, 7) is 0. The molecular formula is C31H20FN. The summed E-state index contributed by atoms with van der Waals surface area (Å²) in [5.41, 5.74) is 11.9. The fourth-order valence-electron chi connectivity index (χ4n) is 5.94.